The van der Waals surface area contributed by atoms with E-state index in [1.807, 2.05) is 0 Å². The molecule has 2 rings (SSSR count). The molecule has 1 aromatic rings. The second-order valence-corrected chi connectivity index (χ2v) is 5.93. The monoisotopic (exact) mass is 380 g/mol. The highest BCUT2D eigenvalue weighted by atomic mass is 35.5. The van der Waals surface area contributed by atoms with E-state index in [0.29, 0.717) is 5.02 Å². The van der Waals surface area contributed by atoms with Crippen molar-refractivity contribution < 1.29 is 32.6 Å². The van der Waals surface area contributed by atoms with E-state index in [1.54, 1.807) is 0 Å². The number of amides is 2. The molecule has 0 unspecified atom stereocenters. The van der Waals surface area contributed by atoms with Crippen LogP contribution >= 0.6 is 11.6 Å². The number of halogens is 4. The molecular weight excluding hydrogens is 365 g/mol. The molecule has 0 saturated carbocycles. The maximum Gasteiger partial charge on any atom is 0.437 e. The Morgan fingerprint density at radius 3 is 2.44 bits per heavy atom. The summed E-state index contributed by atoms with van der Waals surface area (Å²) in [5.74, 6) is -3.41. The molecule has 25 heavy (non-hydrogen) atoms. The van der Waals surface area contributed by atoms with Crippen molar-refractivity contribution >= 4 is 23.6 Å². The zero-order chi connectivity index (χ0) is 19.0. The van der Waals surface area contributed by atoms with Crippen molar-refractivity contribution in [2.75, 3.05) is 13.7 Å². The van der Waals surface area contributed by atoms with Gasteiger partial charge in [0.2, 0.25) is 0 Å². The highest BCUT2D eigenvalue weighted by Crippen LogP contribution is 2.46. The maximum atomic E-state index is 13.7. The largest absolute Gasteiger partial charge is 0.466 e. The Bertz CT molecular complexity index is 668. The van der Waals surface area contributed by atoms with Crippen molar-refractivity contribution in [2.24, 2.45) is 5.92 Å². The zero-order valence-electron chi connectivity index (χ0n) is 13.3. The Balaban J connectivity index is 2.62. The highest BCUT2D eigenvalue weighted by molar-refractivity contribution is 6.30. The van der Waals surface area contributed by atoms with E-state index in [9.17, 15) is 27.9 Å². The predicted octanol–water partition coefficient (Wildman–Crippen LogP) is 2.47. The summed E-state index contributed by atoms with van der Waals surface area (Å²) in [7, 11) is 0.757. The summed E-state index contributed by atoms with van der Waals surface area (Å²) in [5.41, 5.74) is -3.56. The maximum absolute atomic E-state index is 13.7. The number of nitrogens with zero attached hydrogens (tertiary/aromatic N) is 1. The summed E-state index contributed by atoms with van der Waals surface area (Å²) in [5, 5.41) is 13.0. The number of rotatable bonds is 3. The van der Waals surface area contributed by atoms with Gasteiger partial charge in [-0.15, -0.1) is 0 Å². The number of ether oxygens (including phenoxy) is 1. The van der Waals surface area contributed by atoms with E-state index in [1.165, 1.54) is 31.2 Å². The van der Waals surface area contributed by atoms with Gasteiger partial charge in [-0.2, -0.15) is 13.2 Å². The van der Waals surface area contributed by atoms with Crippen LogP contribution in [0.2, 0.25) is 5.02 Å². The van der Waals surface area contributed by atoms with Gasteiger partial charge < -0.3 is 15.2 Å². The van der Waals surface area contributed by atoms with Crippen LogP contribution in [0.1, 0.15) is 18.5 Å². The highest BCUT2D eigenvalue weighted by Gasteiger charge is 2.69. The number of benzene rings is 1. The van der Waals surface area contributed by atoms with E-state index >= 15 is 0 Å². The number of hydrogen-bond acceptors (Lipinski definition) is 4. The van der Waals surface area contributed by atoms with Crippen LogP contribution in [-0.2, 0) is 9.53 Å². The van der Waals surface area contributed by atoms with Crippen LogP contribution < -0.4 is 5.32 Å². The molecule has 2 N–H and O–H groups in total. The molecular formula is C15H16ClF3N2O4. The summed E-state index contributed by atoms with van der Waals surface area (Å²) < 4.78 is 45.7. The van der Waals surface area contributed by atoms with Gasteiger partial charge in [-0.3, -0.25) is 9.69 Å². The van der Waals surface area contributed by atoms with Gasteiger partial charge in [0.15, 0.2) is 0 Å². The molecule has 10 heteroatoms. The lowest BCUT2D eigenvalue weighted by Gasteiger charge is -2.49. The third kappa shape index (κ3) is 3.25. The average molecular weight is 381 g/mol. The van der Waals surface area contributed by atoms with Crippen LogP contribution in [-0.4, -0.2) is 47.6 Å². The molecule has 1 aromatic carbocycles. The summed E-state index contributed by atoms with van der Waals surface area (Å²) in [6, 6.07) is 2.89. The third-order valence-electron chi connectivity index (χ3n) is 4.05. The molecule has 0 bridgehead atoms. The lowest BCUT2D eigenvalue weighted by Crippen LogP contribution is -2.73. The first kappa shape index (κ1) is 19.3. The molecule has 6 nitrogen and oxygen atoms in total. The molecule has 1 heterocycles. The molecule has 1 aliphatic heterocycles. The minimum atomic E-state index is -5.29. The number of esters is 1. The van der Waals surface area contributed by atoms with Crippen molar-refractivity contribution in [1.29, 1.82) is 0 Å². The Labute approximate surface area is 146 Å². The van der Waals surface area contributed by atoms with Gasteiger partial charge in [-0.05, 0) is 24.6 Å². The van der Waals surface area contributed by atoms with E-state index < -0.39 is 35.9 Å². The summed E-state index contributed by atoms with van der Waals surface area (Å²) in [4.78, 5) is 24.3. The molecule has 0 aromatic heterocycles. The molecule has 0 spiro atoms. The minimum absolute atomic E-state index is 0.0566. The van der Waals surface area contributed by atoms with Crippen molar-refractivity contribution in [1.82, 2.24) is 10.2 Å². The van der Waals surface area contributed by atoms with Gasteiger partial charge in [0, 0.05) is 12.1 Å². The fourth-order valence-corrected chi connectivity index (χ4v) is 2.88. The number of urea groups is 1. The van der Waals surface area contributed by atoms with Gasteiger partial charge in [0.25, 0.3) is 5.72 Å². The average Bonchev–Trinajstić information content (AvgIpc) is 2.52. The molecule has 0 aliphatic carbocycles. The van der Waals surface area contributed by atoms with Crippen LogP contribution in [0.5, 0.6) is 0 Å². The fourth-order valence-electron chi connectivity index (χ4n) is 2.75. The Kier molecular flexibility index (Phi) is 5.19. The lowest BCUT2D eigenvalue weighted by molar-refractivity contribution is -0.328. The van der Waals surface area contributed by atoms with Gasteiger partial charge in [0.1, 0.15) is 5.92 Å². The Morgan fingerprint density at radius 1 is 1.40 bits per heavy atom. The van der Waals surface area contributed by atoms with Crippen molar-refractivity contribution in [3.63, 3.8) is 0 Å². The van der Waals surface area contributed by atoms with Gasteiger partial charge in [0.05, 0.1) is 12.6 Å². The molecule has 0 radical (unpaired) electrons. The second-order valence-electron chi connectivity index (χ2n) is 5.49. The molecule has 1 saturated heterocycles. The lowest BCUT2D eigenvalue weighted by atomic mass is 9.81. The van der Waals surface area contributed by atoms with E-state index in [-0.39, 0.29) is 17.1 Å². The van der Waals surface area contributed by atoms with Gasteiger partial charge >= 0.3 is 18.2 Å². The topological polar surface area (TPSA) is 78.9 Å². The fraction of sp³-hybridized carbons (Fsp3) is 0.467. The normalized spacial score (nSPS) is 27.0. The molecule has 3 atom stereocenters. The van der Waals surface area contributed by atoms with Crippen molar-refractivity contribution in [3.05, 3.63) is 34.9 Å². The third-order valence-corrected chi connectivity index (χ3v) is 4.30. The second kappa shape index (κ2) is 6.72. The summed E-state index contributed by atoms with van der Waals surface area (Å²) in [6.07, 6.45) is -5.29. The molecule has 1 aliphatic rings. The van der Waals surface area contributed by atoms with Crippen LogP contribution in [0.4, 0.5) is 18.0 Å². The number of hydrogen-bond donors (Lipinski definition) is 2. The number of carbonyl (C=O) groups excluding carboxylic acids is 2. The van der Waals surface area contributed by atoms with E-state index in [4.69, 9.17) is 16.3 Å². The van der Waals surface area contributed by atoms with Crippen LogP contribution in [0.25, 0.3) is 0 Å². The smallest absolute Gasteiger partial charge is 0.437 e. The Hall–Kier alpha value is -2.00. The van der Waals surface area contributed by atoms with E-state index in [0.717, 1.165) is 7.05 Å². The first-order valence-corrected chi connectivity index (χ1v) is 7.67. The number of carbonyl (C=O) groups is 2. The predicted molar refractivity (Wildman–Crippen MR) is 81.6 cm³/mol. The number of nitrogens with one attached hydrogen (secondary N) is 1. The standard InChI is InChI=1S/C15H16ClF3N2O4/c1-3-25-12(22)10-11(8-4-6-9(16)7-5-8)20-13(23)21(2)14(10,24)15(17,18)19/h4-7,10-11,24H,3H2,1-2H3,(H,20,23)/t10-,11+,14+/m1/s1. The Morgan fingerprint density at radius 2 is 1.96 bits per heavy atom. The van der Waals surface area contributed by atoms with Gasteiger partial charge in [-0.1, -0.05) is 23.7 Å². The van der Waals surface area contributed by atoms with Crippen LogP contribution in [0.3, 0.4) is 0 Å². The van der Waals surface area contributed by atoms with Crippen molar-refractivity contribution in [2.45, 2.75) is 24.9 Å². The van der Waals surface area contributed by atoms with Crippen LogP contribution in [0.15, 0.2) is 24.3 Å². The van der Waals surface area contributed by atoms with E-state index in [2.05, 4.69) is 5.32 Å². The minimum Gasteiger partial charge on any atom is -0.466 e. The van der Waals surface area contributed by atoms with Crippen LogP contribution in [0, 0.1) is 5.92 Å². The molecule has 138 valence electrons. The quantitative estimate of drug-likeness (QED) is 0.790. The zero-order valence-corrected chi connectivity index (χ0v) is 14.1. The van der Waals surface area contributed by atoms with Gasteiger partial charge in [-0.25, -0.2) is 4.79 Å². The number of alkyl halides is 3. The number of aliphatic hydroxyl groups is 1. The van der Waals surface area contributed by atoms with Crippen molar-refractivity contribution in [3.8, 4) is 0 Å². The summed E-state index contributed by atoms with van der Waals surface area (Å²) in [6.45, 7) is 1.24. The molecule has 1 fully saturated rings. The summed E-state index contributed by atoms with van der Waals surface area (Å²) >= 11 is 5.76. The SMILES string of the molecule is CCOC(=O)[C@H]1[C@H](c2ccc(Cl)cc2)NC(=O)N(C)[C@@]1(O)C(F)(F)F. The molecule has 2 amide bonds. The first-order chi connectivity index (χ1) is 11.5. The first-order valence-electron chi connectivity index (χ1n) is 7.29.